The Morgan fingerprint density at radius 2 is 1.97 bits per heavy atom. The largest absolute Gasteiger partial charge is 0.464 e. The lowest BCUT2D eigenvalue weighted by atomic mass is 10.1. The van der Waals surface area contributed by atoms with Crippen LogP contribution in [0.3, 0.4) is 0 Å². The fourth-order valence-electron chi connectivity index (χ4n) is 3.62. The highest BCUT2D eigenvalue weighted by Gasteiger charge is 2.22. The number of imidazole rings is 1. The predicted octanol–water partition coefficient (Wildman–Crippen LogP) is 2.00. The lowest BCUT2D eigenvalue weighted by molar-refractivity contribution is -0.123. The molecule has 0 unspecified atom stereocenters. The molecule has 0 aliphatic rings. The van der Waals surface area contributed by atoms with Crippen molar-refractivity contribution in [2.45, 2.75) is 25.4 Å². The van der Waals surface area contributed by atoms with Crippen molar-refractivity contribution in [1.29, 1.82) is 0 Å². The molecule has 39 heavy (non-hydrogen) atoms. The van der Waals surface area contributed by atoms with E-state index in [-0.39, 0.29) is 47.8 Å². The van der Waals surface area contributed by atoms with E-state index in [1.165, 1.54) is 35.4 Å². The number of nitrogens with zero attached hydrogens (tertiary/aromatic N) is 4. The second-order valence-corrected chi connectivity index (χ2v) is 8.52. The number of aromatic nitrogens is 3. The van der Waals surface area contributed by atoms with Gasteiger partial charge in [-0.15, -0.1) is 0 Å². The standard InChI is InChI=1S/C25H27FN6O7/c1-30(2)21(33)9-5-4-7-16(29-24(36)39-3)22(34)28-17-8-6-12-31(23(17)35)14-20-27-18-13-15(26)10-11-19(18)32(20)25(37)38/h5-6,8-13,16H,4,7,14H2,1-3H3,(H,28,34)(H,29,36)(H,37,38)/b9-5+/t16-/m0/s1. The number of amides is 3. The number of halogens is 1. The van der Waals surface area contributed by atoms with E-state index >= 15 is 0 Å². The molecule has 206 valence electrons. The lowest BCUT2D eigenvalue weighted by Crippen LogP contribution is -2.44. The van der Waals surface area contributed by atoms with Crippen molar-refractivity contribution in [2.75, 3.05) is 26.5 Å². The molecule has 0 aliphatic carbocycles. The number of methoxy groups -OCH3 is 1. The monoisotopic (exact) mass is 542 g/mol. The minimum Gasteiger partial charge on any atom is -0.464 e. The van der Waals surface area contributed by atoms with Crippen LogP contribution in [-0.2, 0) is 20.9 Å². The third-order valence-corrected chi connectivity index (χ3v) is 5.58. The molecular formula is C25H27FN6O7. The zero-order chi connectivity index (χ0) is 28.7. The summed E-state index contributed by atoms with van der Waals surface area (Å²) in [5, 5.41) is 14.5. The fourth-order valence-corrected chi connectivity index (χ4v) is 3.62. The van der Waals surface area contributed by atoms with E-state index in [2.05, 4.69) is 20.4 Å². The molecule has 0 spiro atoms. The molecule has 3 aromatic rings. The Kier molecular flexibility index (Phi) is 9.15. The number of allylic oxidation sites excluding steroid dienone is 1. The SMILES string of the molecule is COC(=O)N[C@@H](CC/C=C/C(=O)N(C)C)C(=O)Nc1cccn(Cc2nc3cc(F)ccc3n2C(=O)O)c1=O. The van der Waals surface area contributed by atoms with Crippen molar-refractivity contribution in [3.63, 3.8) is 0 Å². The zero-order valence-electron chi connectivity index (χ0n) is 21.4. The highest BCUT2D eigenvalue weighted by molar-refractivity contribution is 5.96. The number of carboxylic acid groups (broad SMARTS) is 1. The van der Waals surface area contributed by atoms with E-state index in [1.807, 2.05) is 0 Å². The van der Waals surface area contributed by atoms with Crippen LogP contribution in [-0.4, -0.2) is 75.4 Å². The van der Waals surface area contributed by atoms with Crippen LogP contribution in [0.15, 0.2) is 53.5 Å². The summed E-state index contributed by atoms with van der Waals surface area (Å²) in [6, 6.07) is 5.16. The first-order valence-electron chi connectivity index (χ1n) is 11.6. The molecule has 0 saturated heterocycles. The number of ether oxygens (including phenoxy) is 1. The van der Waals surface area contributed by atoms with Crippen LogP contribution in [0.4, 0.5) is 19.7 Å². The van der Waals surface area contributed by atoms with Crippen LogP contribution < -0.4 is 16.2 Å². The van der Waals surface area contributed by atoms with Gasteiger partial charge in [-0.3, -0.25) is 14.4 Å². The number of likely N-dealkylation sites (N-methyl/N-ethyl adjacent to an activating group) is 1. The molecule has 3 N–H and O–H groups in total. The summed E-state index contributed by atoms with van der Waals surface area (Å²) in [7, 11) is 4.31. The van der Waals surface area contributed by atoms with E-state index in [0.717, 1.165) is 28.4 Å². The summed E-state index contributed by atoms with van der Waals surface area (Å²) in [5.74, 6) is -1.60. The third kappa shape index (κ3) is 7.06. The zero-order valence-corrected chi connectivity index (χ0v) is 21.4. The number of hydrogen-bond donors (Lipinski definition) is 3. The number of fused-ring (bicyclic) bond motifs is 1. The summed E-state index contributed by atoms with van der Waals surface area (Å²) in [4.78, 5) is 66.9. The molecule has 2 heterocycles. The second-order valence-electron chi connectivity index (χ2n) is 8.52. The minimum absolute atomic E-state index is 0.0435. The second kappa shape index (κ2) is 12.5. The van der Waals surface area contributed by atoms with Crippen molar-refractivity contribution in [3.8, 4) is 0 Å². The molecule has 13 nitrogen and oxygen atoms in total. The van der Waals surface area contributed by atoms with Gasteiger partial charge in [0.05, 0.1) is 24.7 Å². The van der Waals surface area contributed by atoms with Gasteiger partial charge in [-0.05, 0) is 43.2 Å². The quantitative estimate of drug-likeness (QED) is 0.346. The number of alkyl carbamates (subject to hydrolysis) is 1. The van der Waals surface area contributed by atoms with Gasteiger partial charge in [0.25, 0.3) is 5.56 Å². The number of pyridine rings is 1. The van der Waals surface area contributed by atoms with E-state index in [4.69, 9.17) is 0 Å². The summed E-state index contributed by atoms with van der Waals surface area (Å²) >= 11 is 0. The molecule has 0 aliphatic heterocycles. The Labute approximate surface area is 221 Å². The Bertz CT molecular complexity index is 1490. The van der Waals surface area contributed by atoms with Gasteiger partial charge in [-0.2, -0.15) is 0 Å². The van der Waals surface area contributed by atoms with Gasteiger partial charge in [0.15, 0.2) is 0 Å². The van der Waals surface area contributed by atoms with Gasteiger partial charge in [-0.1, -0.05) is 6.08 Å². The van der Waals surface area contributed by atoms with Gasteiger partial charge in [0, 0.05) is 26.4 Å². The molecular weight excluding hydrogens is 515 g/mol. The van der Waals surface area contributed by atoms with Crippen LogP contribution in [0.25, 0.3) is 11.0 Å². The highest BCUT2D eigenvalue weighted by Crippen LogP contribution is 2.18. The lowest BCUT2D eigenvalue weighted by Gasteiger charge is -2.17. The number of nitrogens with one attached hydrogen (secondary N) is 2. The number of hydrogen-bond acceptors (Lipinski definition) is 7. The Morgan fingerprint density at radius 1 is 1.23 bits per heavy atom. The maximum atomic E-state index is 13.6. The van der Waals surface area contributed by atoms with Crippen molar-refractivity contribution in [3.05, 3.63) is 70.7 Å². The molecule has 2 aromatic heterocycles. The minimum atomic E-state index is -1.37. The average molecular weight is 543 g/mol. The fraction of sp³-hybridized carbons (Fsp3) is 0.280. The Hall–Kier alpha value is -5.01. The first kappa shape index (κ1) is 28.6. The van der Waals surface area contributed by atoms with Crippen molar-refractivity contribution in [2.24, 2.45) is 0 Å². The Morgan fingerprint density at radius 3 is 2.64 bits per heavy atom. The number of rotatable bonds is 9. The van der Waals surface area contributed by atoms with E-state index in [0.29, 0.717) is 0 Å². The predicted molar refractivity (Wildman–Crippen MR) is 138 cm³/mol. The van der Waals surface area contributed by atoms with Gasteiger partial charge in [0.2, 0.25) is 11.8 Å². The Balaban J connectivity index is 1.82. The maximum absolute atomic E-state index is 13.6. The third-order valence-electron chi connectivity index (χ3n) is 5.58. The molecule has 0 bridgehead atoms. The summed E-state index contributed by atoms with van der Waals surface area (Å²) in [5.41, 5.74) is -0.562. The number of carbonyl (C=O) groups excluding carboxylic acids is 3. The number of carbonyl (C=O) groups is 4. The average Bonchev–Trinajstić information content (AvgIpc) is 3.24. The van der Waals surface area contributed by atoms with E-state index in [9.17, 15) is 33.5 Å². The molecule has 14 heteroatoms. The normalized spacial score (nSPS) is 11.8. The van der Waals surface area contributed by atoms with Crippen LogP contribution in [0.1, 0.15) is 18.7 Å². The molecule has 1 aromatic carbocycles. The van der Waals surface area contributed by atoms with Crippen LogP contribution in [0, 0.1) is 5.82 Å². The summed E-state index contributed by atoms with van der Waals surface area (Å²) in [6.45, 7) is -0.292. The topological polar surface area (TPSA) is 165 Å². The molecule has 3 amide bonds. The molecule has 0 saturated carbocycles. The first-order chi connectivity index (χ1) is 18.5. The highest BCUT2D eigenvalue weighted by atomic mass is 19.1. The maximum Gasteiger partial charge on any atom is 0.417 e. The first-order valence-corrected chi connectivity index (χ1v) is 11.6. The number of anilines is 1. The molecule has 1 atom stereocenters. The molecule has 0 fully saturated rings. The molecule has 0 radical (unpaired) electrons. The van der Waals surface area contributed by atoms with Crippen molar-refractivity contribution in [1.82, 2.24) is 24.3 Å². The van der Waals surface area contributed by atoms with Crippen molar-refractivity contribution >= 4 is 40.7 Å². The summed E-state index contributed by atoms with van der Waals surface area (Å²) < 4.78 is 20.2. The van der Waals surface area contributed by atoms with Gasteiger partial charge in [0.1, 0.15) is 23.4 Å². The van der Waals surface area contributed by atoms with E-state index in [1.54, 1.807) is 20.2 Å². The molecule has 3 rings (SSSR count). The number of benzene rings is 1. The van der Waals surface area contributed by atoms with Gasteiger partial charge >= 0.3 is 12.2 Å². The van der Waals surface area contributed by atoms with Gasteiger partial charge < -0.3 is 29.9 Å². The van der Waals surface area contributed by atoms with E-state index < -0.39 is 35.5 Å². The summed E-state index contributed by atoms with van der Waals surface area (Å²) in [6.07, 6.45) is 2.39. The van der Waals surface area contributed by atoms with Crippen LogP contribution >= 0.6 is 0 Å². The van der Waals surface area contributed by atoms with Gasteiger partial charge in [-0.25, -0.2) is 23.5 Å². The van der Waals surface area contributed by atoms with Crippen molar-refractivity contribution < 1.29 is 33.4 Å². The van der Waals surface area contributed by atoms with Crippen LogP contribution in [0.2, 0.25) is 0 Å². The van der Waals surface area contributed by atoms with Crippen LogP contribution in [0.5, 0.6) is 0 Å². The smallest absolute Gasteiger partial charge is 0.417 e.